The van der Waals surface area contributed by atoms with Gasteiger partial charge in [0.25, 0.3) is 5.91 Å². The molecule has 2 aliphatic rings. The normalized spacial score (nSPS) is 21.4. The van der Waals surface area contributed by atoms with E-state index < -0.39 is 29.0 Å². The van der Waals surface area contributed by atoms with Gasteiger partial charge in [0.05, 0.1) is 6.54 Å². The lowest BCUT2D eigenvalue weighted by Gasteiger charge is -2.41. The van der Waals surface area contributed by atoms with Gasteiger partial charge in [-0.1, -0.05) is 24.1 Å². The van der Waals surface area contributed by atoms with Gasteiger partial charge in [0, 0.05) is 24.6 Å². The average molecular weight is 470 g/mol. The number of likely N-dealkylation sites (tertiary alicyclic amines) is 1. The van der Waals surface area contributed by atoms with Gasteiger partial charge in [-0.15, -0.1) is 5.92 Å². The van der Waals surface area contributed by atoms with E-state index in [9.17, 15) is 22.8 Å². The van der Waals surface area contributed by atoms with Crippen LogP contribution in [-0.2, 0) is 17.8 Å². The van der Waals surface area contributed by atoms with Crippen molar-refractivity contribution in [2.24, 2.45) is 5.92 Å². The summed E-state index contributed by atoms with van der Waals surface area (Å²) >= 11 is 0. The highest BCUT2D eigenvalue weighted by Crippen LogP contribution is 2.37. The largest absolute Gasteiger partial charge is 0.325 e. The quantitative estimate of drug-likeness (QED) is 0.516. The van der Waals surface area contributed by atoms with Crippen molar-refractivity contribution in [2.75, 3.05) is 19.6 Å². The van der Waals surface area contributed by atoms with Crippen molar-refractivity contribution in [3.63, 3.8) is 0 Å². The summed E-state index contributed by atoms with van der Waals surface area (Å²) in [4.78, 5) is 29.5. The number of urea groups is 1. The molecule has 8 heteroatoms. The molecule has 2 aromatic rings. The molecule has 2 fully saturated rings. The van der Waals surface area contributed by atoms with Crippen LogP contribution in [0.25, 0.3) is 0 Å². The third-order valence-electron chi connectivity index (χ3n) is 6.68. The zero-order chi connectivity index (χ0) is 24.3. The smallest absolute Gasteiger partial charge is 0.322 e. The lowest BCUT2D eigenvalue weighted by molar-refractivity contribution is -0.133. The van der Waals surface area contributed by atoms with E-state index in [-0.39, 0.29) is 24.8 Å². The van der Waals surface area contributed by atoms with Crippen LogP contribution in [0, 0.1) is 35.2 Å². The van der Waals surface area contributed by atoms with Crippen LogP contribution in [0.2, 0.25) is 0 Å². The van der Waals surface area contributed by atoms with Gasteiger partial charge in [0.1, 0.15) is 23.0 Å². The van der Waals surface area contributed by atoms with Crippen LogP contribution in [0.4, 0.5) is 18.0 Å². The van der Waals surface area contributed by atoms with Crippen molar-refractivity contribution in [3.05, 3.63) is 71.0 Å². The van der Waals surface area contributed by atoms with Crippen molar-refractivity contribution in [2.45, 2.75) is 38.3 Å². The molecule has 0 unspecified atom stereocenters. The van der Waals surface area contributed by atoms with E-state index in [4.69, 9.17) is 0 Å². The van der Waals surface area contributed by atoms with Crippen molar-refractivity contribution in [3.8, 4) is 11.8 Å². The second kappa shape index (κ2) is 9.90. The number of nitrogens with zero attached hydrogens (tertiary/aromatic N) is 2. The Balaban J connectivity index is 1.54. The molecule has 34 heavy (non-hydrogen) atoms. The molecule has 1 N–H and O–H groups in total. The monoisotopic (exact) mass is 469 g/mol. The fourth-order valence-corrected chi connectivity index (χ4v) is 4.93. The van der Waals surface area contributed by atoms with Crippen LogP contribution < -0.4 is 5.32 Å². The summed E-state index contributed by atoms with van der Waals surface area (Å²) in [6.07, 6.45) is 1.33. The third-order valence-corrected chi connectivity index (χ3v) is 6.68. The van der Waals surface area contributed by atoms with Crippen LogP contribution in [0.5, 0.6) is 0 Å². The van der Waals surface area contributed by atoms with Gasteiger partial charge >= 0.3 is 6.03 Å². The Bertz CT molecular complexity index is 1150. The van der Waals surface area contributed by atoms with Crippen LogP contribution in [0.1, 0.15) is 30.9 Å². The molecule has 2 aliphatic heterocycles. The minimum absolute atomic E-state index is 0.00520. The molecule has 0 saturated carbocycles. The first-order chi connectivity index (χ1) is 16.3. The van der Waals surface area contributed by atoms with Crippen molar-refractivity contribution >= 4 is 11.9 Å². The van der Waals surface area contributed by atoms with E-state index in [1.807, 2.05) is 4.90 Å². The Hall–Kier alpha value is -3.31. The molecule has 4 rings (SSSR count). The fourth-order valence-electron chi connectivity index (χ4n) is 4.93. The second-order valence-electron chi connectivity index (χ2n) is 8.81. The van der Waals surface area contributed by atoms with Gasteiger partial charge in [-0.25, -0.2) is 18.0 Å². The number of amides is 3. The van der Waals surface area contributed by atoms with E-state index in [0.717, 1.165) is 11.0 Å². The summed E-state index contributed by atoms with van der Waals surface area (Å²) in [6, 6.07) is 9.08. The summed E-state index contributed by atoms with van der Waals surface area (Å²) in [5, 5.41) is 2.92. The Kier molecular flexibility index (Phi) is 6.94. The molecule has 0 radical (unpaired) electrons. The molecule has 3 amide bonds. The lowest BCUT2D eigenvalue weighted by atomic mass is 9.74. The fraction of sp³-hybridized carbons (Fsp3) is 0.385. The number of piperidine rings is 1. The summed E-state index contributed by atoms with van der Waals surface area (Å²) < 4.78 is 41.2. The highest BCUT2D eigenvalue weighted by molar-refractivity contribution is 6.07. The molecule has 2 heterocycles. The van der Waals surface area contributed by atoms with E-state index in [2.05, 4.69) is 17.2 Å². The maximum atomic E-state index is 14.1. The van der Waals surface area contributed by atoms with Gasteiger partial charge in [0.15, 0.2) is 0 Å². The molecule has 2 saturated heterocycles. The number of carbonyl (C=O) groups excluding carboxylic acids is 2. The van der Waals surface area contributed by atoms with Gasteiger partial charge in [-0.05, 0) is 62.5 Å². The topological polar surface area (TPSA) is 52.7 Å². The van der Waals surface area contributed by atoms with E-state index in [1.165, 1.54) is 24.3 Å². The highest BCUT2D eigenvalue weighted by Gasteiger charge is 2.55. The second-order valence-corrected chi connectivity index (χ2v) is 8.81. The minimum Gasteiger partial charge on any atom is -0.322 e. The molecule has 0 aliphatic carbocycles. The SMILES string of the molecule is CC#CCN1C(=O)N[C@](Cc2cccc(F)c2)(C2CCN(Cc3ccc(F)cc3F)CC2)C1=O. The maximum absolute atomic E-state index is 14.1. The summed E-state index contributed by atoms with van der Waals surface area (Å²) in [6.45, 7) is 3.11. The molecule has 0 bridgehead atoms. The highest BCUT2D eigenvalue weighted by atomic mass is 19.1. The Morgan fingerprint density at radius 2 is 1.79 bits per heavy atom. The molecule has 0 spiro atoms. The first kappa shape index (κ1) is 23.8. The van der Waals surface area contributed by atoms with E-state index in [0.29, 0.717) is 43.6 Å². The van der Waals surface area contributed by atoms with Gasteiger partial charge in [-0.2, -0.15) is 0 Å². The van der Waals surface area contributed by atoms with Crippen molar-refractivity contribution in [1.29, 1.82) is 0 Å². The standard InChI is InChI=1S/C26H26F3N3O2/c1-2-3-11-32-24(33)26(30-25(32)34,16-18-5-4-6-21(27)14-18)20-9-12-31(13-10-20)17-19-7-8-22(28)15-23(19)29/h4-8,14-15,20H,9-13,16-17H2,1H3,(H,30,34)/t26-/m1/s1. The molecular weight excluding hydrogens is 443 g/mol. The molecule has 178 valence electrons. The molecule has 2 aromatic carbocycles. The first-order valence-electron chi connectivity index (χ1n) is 11.3. The van der Waals surface area contributed by atoms with Crippen molar-refractivity contribution < 1.29 is 22.8 Å². The number of carbonyl (C=O) groups is 2. The molecule has 1 atom stereocenters. The minimum atomic E-state index is -1.20. The lowest BCUT2D eigenvalue weighted by Crippen LogP contribution is -2.57. The number of rotatable bonds is 6. The van der Waals surface area contributed by atoms with Gasteiger partial charge < -0.3 is 5.32 Å². The Labute approximate surface area is 196 Å². The van der Waals surface area contributed by atoms with E-state index >= 15 is 0 Å². The van der Waals surface area contributed by atoms with Crippen LogP contribution in [0.15, 0.2) is 42.5 Å². The van der Waals surface area contributed by atoms with Crippen LogP contribution in [-0.4, -0.2) is 46.9 Å². The predicted octanol–water partition coefficient (Wildman–Crippen LogP) is 3.87. The molecular formula is C26H26F3N3O2. The van der Waals surface area contributed by atoms with E-state index in [1.54, 1.807) is 19.1 Å². The Morgan fingerprint density at radius 1 is 1.06 bits per heavy atom. The predicted molar refractivity (Wildman–Crippen MR) is 121 cm³/mol. The number of imide groups is 1. The zero-order valence-electron chi connectivity index (χ0n) is 18.9. The maximum Gasteiger partial charge on any atom is 0.325 e. The summed E-state index contributed by atoms with van der Waals surface area (Å²) in [5.41, 5.74) is -0.176. The van der Waals surface area contributed by atoms with Crippen LogP contribution in [0.3, 0.4) is 0 Å². The summed E-state index contributed by atoms with van der Waals surface area (Å²) in [5.74, 6) is 3.31. The number of benzene rings is 2. The van der Waals surface area contributed by atoms with Gasteiger partial charge in [0.2, 0.25) is 0 Å². The van der Waals surface area contributed by atoms with Gasteiger partial charge in [-0.3, -0.25) is 14.6 Å². The first-order valence-corrected chi connectivity index (χ1v) is 11.3. The number of hydrogen-bond donors (Lipinski definition) is 1. The molecule has 5 nitrogen and oxygen atoms in total. The third kappa shape index (κ3) is 4.80. The number of nitrogens with one attached hydrogen (secondary N) is 1. The Morgan fingerprint density at radius 3 is 2.47 bits per heavy atom. The van der Waals surface area contributed by atoms with Crippen molar-refractivity contribution in [1.82, 2.24) is 15.1 Å². The summed E-state index contributed by atoms with van der Waals surface area (Å²) in [7, 11) is 0. The van der Waals surface area contributed by atoms with Crippen LogP contribution >= 0.6 is 0 Å². The number of hydrogen-bond acceptors (Lipinski definition) is 3. The zero-order valence-corrected chi connectivity index (χ0v) is 18.9. The molecule has 0 aromatic heterocycles. The number of halogens is 3. The average Bonchev–Trinajstić information content (AvgIpc) is 3.04.